The van der Waals surface area contributed by atoms with Gasteiger partial charge in [-0.2, -0.15) is 0 Å². The Morgan fingerprint density at radius 3 is 3.00 bits per heavy atom. The lowest BCUT2D eigenvalue weighted by atomic mass is 10.2. The molecular weight excluding hydrogens is 232 g/mol. The molecule has 2 aromatic rings. The Labute approximate surface area is 95.8 Å². The van der Waals surface area contributed by atoms with Crippen LogP contribution in [0, 0.1) is 0 Å². The standard InChI is InChI=1S/C10H9ClN2OS/c11-7-1-2-9-6(3-7)4-8(15-9)5-10(12)13-14/h1-4,14H,5H2,(H2,12,13). The molecule has 1 heterocycles. The van der Waals surface area contributed by atoms with Gasteiger partial charge in [-0.25, -0.2) is 0 Å². The first-order chi connectivity index (χ1) is 7.19. The van der Waals surface area contributed by atoms with Gasteiger partial charge >= 0.3 is 0 Å². The van der Waals surface area contributed by atoms with Gasteiger partial charge < -0.3 is 10.9 Å². The normalized spacial score (nSPS) is 12.2. The minimum Gasteiger partial charge on any atom is -0.409 e. The number of rotatable bonds is 2. The zero-order valence-electron chi connectivity index (χ0n) is 7.77. The molecule has 1 aromatic carbocycles. The van der Waals surface area contributed by atoms with Crippen LogP contribution in [0.2, 0.25) is 5.02 Å². The summed E-state index contributed by atoms with van der Waals surface area (Å²) in [5, 5.41) is 13.2. The van der Waals surface area contributed by atoms with E-state index in [0.29, 0.717) is 6.42 Å². The number of halogens is 1. The molecule has 0 saturated heterocycles. The van der Waals surface area contributed by atoms with Gasteiger partial charge in [0, 0.05) is 21.0 Å². The van der Waals surface area contributed by atoms with Gasteiger partial charge in [-0.3, -0.25) is 0 Å². The van der Waals surface area contributed by atoms with Crippen molar-refractivity contribution in [2.75, 3.05) is 0 Å². The molecule has 78 valence electrons. The number of hydrogen-bond acceptors (Lipinski definition) is 3. The number of hydrogen-bond donors (Lipinski definition) is 2. The summed E-state index contributed by atoms with van der Waals surface area (Å²) in [6, 6.07) is 7.73. The largest absolute Gasteiger partial charge is 0.409 e. The Balaban J connectivity index is 2.39. The van der Waals surface area contributed by atoms with E-state index in [1.54, 1.807) is 11.3 Å². The quantitative estimate of drug-likeness (QED) is 0.367. The molecule has 0 bridgehead atoms. The fourth-order valence-electron chi connectivity index (χ4n) is 1.37. The first-order valence-corrected chi connectivity index (χ1v) is 5.53. The van der Waals surface area contributed by atoms with Crippen LogP contribution < -0.4 is 5.73 Å². The van der Waals surface area contributed by atoms with Crippen LogP contribution in [0.25, 0.3) is 10.1 Å². The highest BCUT2D eigenvalue weighted by Gasteiger charge is 2.04. The molecule has 0 spiro atoms. The first kappa shape index (κ1) is 10.3. The SMILES string of the molecule is N/C(Cc1cc2cc(Cl)ccc2s1)=N\O. The number of oxime groups is 1. The fraction of sp³-hybridized carbons (Fsp3) is 0.100. The highest BCUT2D eigenvalue weighted by Crippen LogP contribution is 2.28. The van der Waals surface area contributed by atoms with Crippen molar-refractivity contribution in [3.8, 4) is 0 Å². The van der Waals surface area contributed by atoms with Crippen molar-refractivity contribution in [2.45, 2.75) is 6.42 Å². The summed E-state index contributed by atoms with van der Waals surface area (Å²) in [6.45, 7) is 0. The van der Waals surface area contributed by atoms with Gasteiger partial charge in [0.05, 0.1) is 0 Å². The number of nitrogens with two attached hydrogens (primary N) is 1. The Morgan fingerprint density at radius 2 is 2.27 bits per heavy atom. The van der Waals surface area contributed by atoms with Crippen LogP contribution in [0.4, 0.5) is 0 Å². The molecule has 0 aliphatic rings. The van der Waals surface area contributed by atoms with Crippen molar-refractivity contribution in [3.63, 3.8) is 0 Å². The van der Waals surface area contributed by atoms with Crippen LogP contribution in [0.5, 0.6) is 0 Å². The van der Waals surface area contributed by atoms with Crippen LogP contribution in [-0.2, 0) is 6.42 Å². The molecule has 5 heteroatoms. The van der Waals surface area contributed by atoms with Crippen LogP contribution in [0.1, 0.15) is 4.88 Å². The topological polar surface area (TPSA) is 58.6 Å². The minimum absolute atomic E-state index is 0.215. The third-order valence-electron chi connectivity index (χ3n) is 2.01. The van der Waals surface area contributed by atoms with Crippen molar-refractivity contribution in [1.82, 2.24) is 0 Å². The summed E-state index contributed by atoms with van der Waals surface area (Å²) in [5.74, 6) is 0.215. The van der Waals surface area contributed by atoms with Gasteiger partial charge in [0.25, 0.3) is 0 Å². The smallest absolute Gasteiger partial charge is 0.144 e. The van der Waals surface area contributed by atoms with Crippen molar-refractivity contribution in [1.29, 1.82) is 0 Å². The van der Waals surface area contributed by atoms with Crippen molar-refractivity contribution >= 4 is 38.9 Å². The van der Waals surface area contributed by atoms with E-state index in [9.17, 15) is 0 Å². The monoisotopic (exact) mass is 240 g/mol. The number of thiophene rings is 1. The third-order valence-corrected chi connectivity index (χ3v) is 3.36. The van der Waals surface area contributed by atoms with E-state index in [1.807, 2.05) is 24.3 Å². The van der Waals surface area contributed by atoms with E-state index in [4.69, 9.17) is 22.5 Å². The van der Waals surface area contributed by atoms with Crippen LogP contribution in [0.15, 0.2) is 29.4 Å². The minimum atomic E-state index is 0.215. The predicted octanol–water partition coefficient (Wildman–Crippen LogP) is 2.84. The Kier molecular flexibility index (Phi) is 2.79. The maximum atomic E-state index is 8.46. The van der Waals surface area contributed by atoms with E-state index in [1.165, 1.54) is 0 Å². The average molecular weight is 241 g/mol. The van der Waals surface area contributed by atoms with Crippen molar-refractivity contribution in [2.24, 2.45) is 10.9 Å². The maximum absolute atomic E-state index is 8.46. The van der Waals surface area contributed by atoms with Crippen LogP contribution in [-0.4, -0.2) is 11.0 Å². The lowest BCUT2D eigenvalue weighted by Crippen LogP contribution is -2.13. The highest BCUT2D eigenvalue weighted by molar-refractivity contribution is 7.19. The van der Waals surface area contributed by atoms with E-state index < -0.39 is 0 Å². The molecule has 0 saturated carbocycles. The first-order valence-electron chi connectivity index (χ1n) is 4.33. The second kappa shape index (κ2) is 4.08. The summed E-state index contributed by atoms with van der Waals surface area (Å²) in [6.07, 6.45) is 0.466. The molecule has 0 aliphatic carbocycles. The molecule has 0 fully saturated rings. The van der Waals surface area contributed by atoms with E-state index >= 15 is 0 Å². The molecule has 0 aliphatic heterocycles. The Hall–Kier alpha value is -1.26. The number of benzene rings is 1. The summed E-state index contributed by atoms with van der Waals surface area (Å²) in [7, 11) is 0. The molecule has 2 rings (SSSR count). The zero-order valence-corrected chi connectivity index (χ0v) is 9.35. The predicted molar refractivity (Wildman–Crippen MR) is 63.9 cm³/mol. The Bertz CT molecular complexity index is 521. The molecular formula is C10H9ClN2OS. The number of fused-ring (bicyclic) bond motifs is 1. The molecule has 1 aromatic heterocycles. The summed E-state index contributed by atoms with van der Waals surface area (Å²) in [5.41, 5.74) is 5.44. The molecule has 3 nitrogen and oxygen atoms in total. The lowest BCUT2D eigenvalue weighted by Gasteiger charge is -1.91. The highest BCUT2D eigenvalue weighted by atomic mass is 35.5. The molecule has 0 atom stereocenters. The van der Waals surface area contributed by atoms with Crippen LogP contribution >= 0.6 is 22.9 Å². The Morgan fingerprint density at radius 1 is 1.47 bits per heavy atom. The second-order valence-electron chi connectivity index (χ2n) is 3.16. The third kappa shape index (κ3) is 2.22. The van der Waals surface area contributed by atoms with Gasteiger partial charge in [-0.05, 0) is 29.7 Å². The van der Waals surface area contributed by atoms with Gasteiger partial charge in [0.15, 0.2) is 0 Å². The van der Waals surface area contributed by atoms with E-state index in [-0.39, 0.29) is 5.84 Å². The second-order valence-corrected chi connectivity index (χ2v) is 4.77. The lowest BCUT2D eigenvalue weighted by molar-refractivity contribution is 0.317. The number of nitrogens with zero attached hydrogens (tertiary/aromatic N) is 1. The van der Waals surface area contributed by atoms with Gasteiger partial charge in [-0.15, -0.1) is 11.3 Å². The van der Waals surface area contributed by atoms with Crippen molar-refractivity contribution in [3.05, 3.63) is 34.2 Å². The zero-order chi connectivity index (χ0) is 10.8. The molecule has 15 heavy (non-hydrogen) atoms. The fourth-order valence-corrected chi connectivity index (χ4v) is 2.61. The molecule has 3 N–H and O–H groups in total. The average Bonchev–Trinajstić information content (AvgIpc) is 2.59. The summed E-state index contributed by atoms with van der Waals surface area (Å²) >= 11 is 7.50. The van der Waals surface area contributed by atoms with E-state index in [0.717, 1.165) is 20.0 Å². The molecule has 0 amide bonds. The van der Waals surface area contributed by atoms with Crippen molar-refractivity contribution < 1.29 is 5.21 Å². The summed E-state index contributed by atoms with van der Waals surface area (Å²) in [4.78, 5) is 1.06. The van der Waals surface area contributed by atoms with Gasteiger partial charge in [0.1, 0.15) is 5.84 Å². The molecule has 0 unspecified atom stereocenters. The van der Waals surface area contributed by atoms with Crippen LogP contribution in [0.3, 0.4) is 0 Å². The summed E-state index contributed by atoms with van der Waals surface area (Å²) < 4.78 is 1.15. The van der Waals surface area contributed by atoms with Gasteiger partial charge in [-0.1, -0.05) is 16.8 Å². The molecule has 0 radical (unpaired) electrons. The van der Waals surface area contributed by atoms with Gasteiger partial charge in [0.2, 0.25) is 0 Å². The number of amidine groups is 1. The maximum Gasteiger partial charge on any atom is 0.144 e. The van der Waals surface area contributed by atoms with E-state index in [2.05, 4.69) is 5.16 Å².